The minimum absolute atomic E-state index is 0.102. The molecule has 3 N–H and O–H groups in total. The lowest BCUT2D eigenvalue weighted by atomic mass is 10.1. The van der Waals surface area contributed by atoms with Crippen LogP contribution in [0.1, 0.15) is 12.0 Å². The van der Waals surface area contributed by atoms with Crippen molar-refractivity contribution >= 4 is 5.82 Å². The van der Waals surface area contributed by atoms with Crippen LogP contribution in [0.5, 0.6) is 5.75 Å². The molecule has 4 nitrogen and oxygen atoms in total. The lowest BCUT2D eigenvalue weighted by Gasteiger charge is -2.12. The molecule has 0 aliphatic carbocycles. The van der Waals surface area contributed by atoms with Gasteiger partial charge >= 0.3 is 0 Å². The summed E-state index contributed by atoms with van der Waals surface area (Å²) in [5, 5.41) is 6.18. The highest BCUT2D eigenvalue weighted by Gasteiger charge is 2.21. The Hall–Kier alpha value is -2.18. The van der Waals surface area contributed by atoms with Crippen LogP contribution in [0.2, 0.25) is 0 Å². The van der Waals surface area contributed by atoms with Crippen LogP contribution < -0.4 is 10.5 Å². The molecule has 1 aromatic heterocycles. The van der Waals surface area contributed by atoms with Crippen LogP contribution in [-0.2, 0) is 0 Å². The van der Waals surface area contributed by atoms with E-state index in [2.05, 4.69) is 10.2 Å². The number of hydrogen-bond acceptors (Lipinski definition) is 3. The van der Waals surface area contributed by atoms with Crippen LogP contribution in [0.25, 0.3) is 11.3 Å². The van der Waals surface area contributed by atoms with E-state index in [0.717, 1.165) is 12.1 Å². The fourth-order valence-corrected chi connectivity index (χ4v) is 1.68. The molecule has 0 saturated carbocycles. The average Bonchev–Trinajstić information content (AvgIpc) is 2.74. The molecule has 1 heterocycles. The number of aromatic amines is 1. The summed E-state index contributed by atoms with van der Waals surface area (Å²) < 4.78 is 43.9. The zero-order valence-electron chi connectivity index (χ0n) is 9.38. The third-order valence-electron chi connectivity index (χ3n) is 2.41. The minimum Gasteiger partial charge on any atom is -0.496 e. The standard InChI is InChI=1S/C11H10F3N3O/c1-18-10-6(8-4-9(15)17-16-8)2-5(12)3-7(10)11(13)14/h2-4,11H,1H3,(H3,15,16,17). The van der Waals surface area contributed by atoms with Gasteiger partial charge in [0, 0.05) is 11.6 Å². The number of alkyl halides is 2. The van der Waals surface area contributed by atoms with E-state index >= 15 is 0 Å². The van der Waals surface area contributed by atoms with Crippen LogP contribution in [0, 0.1) is 5.82 Å². The van der Waals surface area contributed by atoms with Crippen molar-refractivity contribution in [3.8, 4) is 17.0 Å². The topological polar surface area (TPSA) is 63.9 Å². The van der Waals surface area contributed by atoms with Crippen molar-refractivity contribution in [2.24, 2.45) is 0 Å². The van der Waals surface area contributed by atoms with E-state index in [0.29, 0.717) is 5.69 Å². The van der Waals surface area contributed by atoms with Gasteiger partial charge in [-0.15, -0.1) is 0 Å². The van der Waals surface area contributed by atoms with Gasteiger partial charge in [-0.3, -0.25) is 5.10 Å². The summed E-state index contributed by atoms with van der Waals surface area (Å²) in [6.45, 7) is 0. The second kappa shape index (κ2) is 4.59. The highest BCUT2D eigenvalue weighted by Crippen LogP contribution is 2.38. The van der Waals surface area contributed by atoms with Gasteiger partial charge in [0.25, 0.3) is 6.43 Å². The van der Waals surface area contributed by atoms with Crippen molar-refractivity contribution in [2.75, 3.05) is 12.8 Å². The van der Waals surface area contributed by atoms with E-state index in [9.17, 15) is 13.2 Å². The molecule has 1 aromatic carbocycles. The predicted molar refractivity (Wildman–Crippen MR) is 59.9 cm³/mol. The molecule has 18 heavy (non-hydrogen) atoms. The van der Waals surface area contributed by atoms with Gasteiger partial charge < -0.3 is 10.5 Å². The first-order chi connectivity index (χ1) is 8.52. The Balaban J connectivity index is 2.65. The predicted octanol–water partition coefficient (Wildman–Crippen LogP) is 2.74. The third kappa shape index (κ3) is 2.11. The van der Waals surface area contributed by atoms with E-state index in [1.54, 1.807) is 0 Å². The smallest absolute Gasteiger partial charge is 0.267 e. The molecule has 7 heteroatoms. The number of hydrogen-bond donors (Lipinski definition) is 2. The van der Waals surface area contributed by atoms with E-state index < -0.39 is 17.8 Å². The molecular formula is C11H10F3N3O. The molecule has 2 rings (SSSR count). The van der Waals surface area contributed by atoms with Crippen LogP contribution >= 0.6 is 0 Å². The molecule has 96 valence electrons. The van der Waals surface area contributed by atoms with Gasteiger partial charge in [0.05, 0.1) is 18.4 Å². The highest BCUT2D eigenvalue weighted by atomic mass is 19.3. The first-order valence-corrected chi connectivity index (χ1v) is 4.99. The number of ether oxygens (including phenoxy) is 1. The van der Waals surface area contributed by atoms with Crippen molar-refractivity contribution < 1.29 is 17.9 Å². The number of nitrogens with two attached hydrogens (primary N) is 1. The van der Waals surface area contributed by atoms with Gasteiger partial charge in [-0.2, -0.15) is 5.10 Å². The Morgan fingerprint density at radius 2 is 2.06 bits per heavy atom. The third-order valence-corrected chi connectivity index (χ3v) is 2.41. The molecule has 0 unspecified atom stereocenters. The highest BCUT2D eigenvalue weighted by molar-refractivity contribution is 5.71. The molecule has 0 atom stereocenters. The quantitative estimate of drug-likeness (QED) is 0.888. The van der Waals surface area contributed by atoms with Gasteiger partial charge in [-0.1, -0.05) is 0 Å². The maximum absolute atomic E-state index is 13.3. The molecule has 2 aromatic rings. The summed E-state index contributed by atoms with van der Waals surface area (Å²) in [6, 6.07) is 3.23. The molecule has 0 spiro atoms. The van der Waals surface area contributed by atoms with E-state index in [-0.39, 0.29) is 17.1 Å². The van der Waals surface area contributed by atoms with Crippen molar-refractivity contribution in [3.63, 3.8) is 0 Å². The number of aromatic nitrogens is 2. The fraction of sp³-hybridized carbons (Fsp3) is 0.182. The SMILES string of the molecule is COc1c(-c2cc(N)n[nH]2)cc(F)cc1C(F)F. The number of methoxy groups -OCH3 is 1. The van der Waals surface area contributed by atoms with Gasteiger partial charge in [-0.25, -0.2) is 13.2 Å². The summed E-state index contributed by atoms with van der Waals surface area (Å²) in [7, 11) is 1.24. The molecule has 0 bridgehead atoms. The van der Waals surface area contributed by atoms with Crippen molar-refractivity contribution in [3.05, 3.63) is 29.6 Å². The zero-order valence-corrected chi connectivity index (χ0v) is 9.38. The van der Waals surface area contributed by atoms with Crippen LogP contribution in [0.15, 0.2) is 18.2 Å². The molecule has 0 aliphatic heterocycles. The molecule has 0 saturated heterocycles. The summed E-state index contributed by atoms with van der Waals surface area (Å²) in [6.07, 6.45) is -2.84. The fourth-order valence-electron chi connectivity index (χ4n) is 1.68. The van der Waals surface area contributed by atoms with Crippen LogP contribution in [-0.4, -0.2) is 17.3 Å². The van der Waals surface area contributed by atoms with E-state index in [1.165, 1.54) is 13.2 Å². The molecule has 0 radical (unpaired) electrons. The maximum Gasteiger partial charge on any atom is 0.267 e. The Labute approximate surface area is 101 Å². The summed E-state index contributed by atoms with van der Waals surface area (Å²) >= 11 is 0. The normalized spacial score (nSPS) is 10.9. The van der Waals surface area contributed by atoms with Gasteiger partial charge in [0.15, 0.2) is 0 Å². The maximum atomic E-state index is 13.3. The van der Waals surface area contributed by atoms with E-state index in [1.807, 2.05) is 0 Å². The minimum atomic E-state index is -2.84. The number of H-pyrrole nitrogens is 1. The molecule has 0 aliphatic rings. The van der Waals surface area contributed by atoms with Crippen LogP contribution in [0.4, 0.5) is 19.0 Å². The Morgan fingerprint density at radius 3 is 2.56 bits per heavy atom. The van der Waals surface area contributed by atoms with Gasteiger partial charge in [-0.05, 0) is 12.1 Å². The van der Waals surface area contributed by atoms with Crippen LogP contribution in [0.3, 0.4) is 0 Å². The first kappa shape index (κ1) is 12.3. The van der Waals surface area contributed by atoms with Crippen molar-refractivity contribution in [2.45, 2.75) is 6.43 Å². The number of rotatable bonds is 3. The largest absolute Gasteiger partial charge is 0.496 e. The van der Waals surface area contributed by atoms with Crippen molar-refractivity contribution in [1.82, 2.24) is 10.2 Å². The number of benzene rings is 1. The number of nitrogen functional groups attached to an aromatic ring is 1. The second-order valence-electron chi connectivity index (χ2n) is 3.58. The summed E-state index contributed by atoms with van der Waals surface area (Å²) in [4.78, 5) is 0. The lowest BCUT2D eigenvalue weighted by Crippen LogP contribution is -1.97. The number of halogens is 3. The second-order valence-corrected chi connectivity index (χ2v) is 3.58. The zero-order chi connectivity index (χ0) is 13.3. The summed E-state index contributed by atoms with van der Waals surface area (Å²) in [5.74, 6) is -0.709. The van der Waals surface area contributed by atoms with Crippen molar-refractivity contribution in [1.29, 1.82) is 0 Å². The molecule has 0 amide bonds. The van der Waals surface area contributed by atoms with Gasteiger partial charge in [0.1, 0.15) is 17.4 Å². The Morgan fingerprint density at radius 1 is 1.33 bits per heavy atom. The molecular weight excluding hydrogens is 247 g/mol. The lowest BCUT2D eigenvalue weighted by molar-refractivity contribution is 0.146. The molecule has 0 fully saturated rings. The van der Waals surface area contributed by atoms with E-state index in [4.69, 9.17) is 10.5 Å². The monoisotopic (exact) mass is 257 g/mol. The average molecular weight is 257 g/mol. The van der Waals surface area contributed by atoms with Gasteiger partial charge in [0.2, 0.25) is 0 Å². The number of nitrogens with zero attached hydrogens (tertiary/aromatic N) is 1. The number of anilines is 1. The first-order valence-electron chi connectivity index (χ1n) is 4.99. The summed E-state index contributed by atoms with van der Waals surface area (Å²) in [5.41, 5.74) is 5.37. The Kier molecular flexibility index (Phi) is 3.14. The Bertz CT molecular complexity index is 569. The number of nitrogens with one attached hydrogen (secondary N) is 1.